The molecule has 3 aromatic carbocycles. The minimum atomic E-state index is -0.337. The van der Waals surface area contributed by atoms with Gasteiger partial charge in [0.2, 0.25) is 0 Å². The molecule has 0 aliphatic carbocycles. The maximum absolute atomic E-state index is 12.2. The van der Waals surface area contributed by atoms with Crippen molar-refractivity contribution in [1.82, 2.24) is 4.98 Å². The van der Waals surface area contributed by atoms with E-state index >= 15 is 0 Å². The maximum Gasteiger partial charge on any atom is 0.164 e. The number of aryl methyl sites for hydroxylation is 2. The second-order valence-corrected chi connectivity index (χ2v) is 17.5. The number of aromatic nitrogens is 1. The van der Waals surface area contributed by atoms with Gasteiger partial charge >= 0.3 is 0 Å². The van der Waals surface area contributed by atoms with Crippen LogP contribution in [0.25, 0.3) is 52.6 Å². The molecule has 0 bridgehead atoms. The van der Waals surface area contributed by atoms with E-state index in [1.54, 1.807) is 0 Å². The Labute approximate surface area is 333 Å². The number of pyridine rings is 1. The van der Waals surface area contributed by atoms with Gasteiger partial charge in [-0.15, -0.1) is 51.8 Å². The molecule has 0 aliphatic heterocycles. The van der Waals surface area contributed by atoms with Gasteiger partial charge in [0.15, 0.2) is 5.78 Å². The second-order valence-electron chi connectivity index (χ2n) is 15.5. The topological polar surface area (TPSA) is 50.2 Å². The number of allylic oxidation sites excluding steroid dienone is 2. The van der Waals surface area contributed by atoms with E-state index in [1.807, 2.05) is 70.4 Å². The minimum absolute atomic E-state index is 0. The summed E-state index contributed by atoms with van der Waals surface area (Å²) < 4.78 is 2.63. The summed E-state index contributed by atoms with van der Waals surface area (Å²) in [6.45, 7) is 23.4. The van der Waals surface area contributed by atoms with Crippen molar-refractivity contribution in [2.75, 3.05) is 0 Å². The predicted octanol–water partition coefficient (Wildman–Crippen LogP) is 14.4. The van der Waals surface area contributed by atoms with Gasteiger partial charge in [0, 0.05) is 63.2 Å². The quantitative estimate of drug-likeness (QED) is 0.0893. The van der Waals surface area contributed by atoms with Crippen LogP contribution in [0.1, 0.15) is 105 Å². The van der Waals surface area contributed by atoms with Crippen LogP contribution in [0.2, 0.25) is 0 Å². The molecular formula is C46H54IrNO2S2-. The van der Waals surface area contributed by atoms with E-state index in [4.69, 9.17) is 4.98 Å². The number of fused-ring (bicyclic) bond motifs is 3. The van der Waals surface area contributed by atoms with Crippen molar-refractivity contribution in [3.8, 4) is 21.7 Å². The third kappa shape index (κ3) is 8.16. The molecule has 0 atom stereocenters. The molecule has 1 radical (unpaired) electrons. The summed E-state index contributed by atoms with van der Waals surface area (Å²) in [7, 11) is 0. The number of aliphatic hydroxyl groups excluding tert-OH is 1. The first kappa shape index (κ1) is 41.6. The number of hydrogen-bond acceptors (Lipinski definition) is 5. The van der Waals surface area contributed by atoms with Crippen molar-refractivity contribution in [2.24, 2.45) is 10.8 Å². The Balaban J connectivity index is 0.000000289. The molecule has 6 aromatic rings. The first-order chi connectivity index (χ1) is 24.1. The molecule has 0 aliphatic rings. The molecule has 3 aromatic heterocycles. The van der Waals surface area contributed by atoms with E-state index in [1.165, 1.54) is 58.8 Å². The number of carbonyl (C=O) groups excluding carboxylic acids is 1. The fraction of sp³-hybridized carbons (Fsp3) is 0.391. The van der Waals surface area contributed by atoms with Crippen LogP contribution in [-0.4, -0.2) is 15.9 Å². The molecule has 0 amide bonds. The fourth-order valence-electron chi connectivity index (χ4n) is 6.64. The number of nitrogens with zero attached hydrogens (tertiary/aromatic N) is 1. The van der Waals surface area contributed by atoms with Crippen LogP contribution in [0.4, 0.5) is 0 Å². The van der Waals surface area contributed by atoms with Gasteiger partial charge in [0.05, 0.1) is 0 Å². The monoisotopic (exact) mass is 909 g/mol. The van der Waals surface area contributed by atoms with Crippen LogP contribution >= 0.6 is 22.7 Å². The summed E-state index contributed by atoms with van der Waals surface area (Å²) in [5.74, 6) is 0.286. The molecular weight excluding hydrogens is 855 g/mol. The predicted molar refractivity (Wildman–Crippen MR) is 223 cm³/mol. The summed E-state index contributed by atoms with van der Waals surface area (Å²) in [5.41, 5.74) is 6.81. The fourth-order valence-corrected chi connectivity index (χ4v) is 8.82. The zero-order valence-corrected chi connectivity index (χ0v) is 36.7. The Bertz CT molecular complexity index is 2220. The summed E-state index contributed by atoms with van der Waals surface area (Å²) in [5, 5.41) is 17.4. The standard InChI is InChI=1S/C31H26NS2.C15H28O2.Ir/c1-18-17-33-27-16-21(10-11-23(18)27)30-19(2)28-26(34-30)12-13-32-29(28)22-14-20-8-6-7-9-24(20)25(15-22)31(3,4)5;1-7-14(5,8-2)12(16)11-13(17)15(6,9-3)10-4;/h6-13,15-17H,1-5H3;11,16H,7-10H2,1-6H3;/q-1;;/b;12-11-;. The van der Waals surface area contributed by atoms with Crippen LogP contribution in [-0.2, 0) is 30.3 Å². The first-order valence-electron chi connectivity index (χ1n) is 18.4. The number of benzene rings is 3. The molecule has 3 heterocycles. The average molecular weight is 909 g/mol. The van der Waals surface area contributed by atoms with E-state index in [-0.39, 0.29) is 47.9 Å². The third-order valence-corrected chi connectivity index (χ3v) is 13.7. The molecule has 0 saturated carbocycles. The van der Waals surface area contributed by atoms with Crippen molar-refractivity contribution in [3.63, 3.8) is 0 Å². The summed E-state index contributed by atoms with van der Waals surface area (Å²) in [6, 6.07) is 23.6. The first-order valence-corrected chi connectivity index (χ1v) is 20.1. The van der Waals surface area contributed by atoms with Gasteiger partial charge in [-0.1, -0.05) is 104 Å². The van der Waals surface area contributed by atoms with Crippen molar-refractivity contribution in [2.45, 2.75) is 107 Å². The minimum Gasteiger partial charge on any atom is -0.512 e. The van der Waals surface area contributed by atoms with Gasteiger partial charge in [-0.25, -0.2) is 0 Å². The summed E-state index contributed by atoms with van der Waals surface area (Å²) in [4.78, 5) is 18.4. The molecule has 0 spiro atoms. The summed E-state index contributed by atoms with van der Waals surface area (Å²) in [6.07, 6.45) is 6.70. The van der Waals surface area contributed by atoms with Crippen molar-refractivity contribution in [3.05, 3.63) is 101 Å². The van der Waals surface area contributed by atoms with E-state index in [0.717, 1.165) is 42.3 Å². The zero-order chi connectivity index (χ0) is 37.3. The van der Waals surface area contributed by atoms with Gasteiger partial charge in [0.1, 0.15) is 5.76 Å². The molecule has 6 heteroatoms. The number of ketones is 1. The van der Waals surface area contributed by atoms with Crippen molar-refractivity contribution >= 4 is 59.4 Å². The van der Waals surface area contributed by atoms with Crippen LogP contribution in [0, 0.1) is 30.7 Å². The number of rotatable bonds is 9. The molecule has 0 saturated heterocycles. The van der Waals surface area contributed by atoms with Gasteiger partial charge in [-0.2, -0.15) is 0 Å². The number of aliphatic hydroxyl groups is 1. The molecule has 3 nitrogen and oxygen atoms in total. The Morgan fingerprint density at radius 3 is 2.13 bits per heavy atom. The molecule has 0 fully saturated rings. The Morgan fingerprint density at radius 2 is 1.50 bits per heavy atom. The number of hydrogen-bond donors (Lipinski definition) is 1. The Morgan fingerprint density at radius 1 is 0.846 bits per heavy atom. The van der Waals surface area contributed by atoms with Crippen molar-refractivity contribution < 1.29 is 30.0 Å². The molecule has 1 N–H and O–H groups in total. The van der Waals surface area contributed by atoms with E-state index in [0.29, 0.717) is 0 Å². The summed E-state index contributed by atoms with van der Waals surface area (Å²) >= 11 is 3.69. The number of carbonyl (C=O) groups is 1. The third-order valence-electron chi connectivity index (χ3n) is 11.3. The van der Waals surface area contributed by atoms with Crippen LogP contribution in [0.15, 0.2) is 78.0 Å². The van der Waals surface area contributed by atoms with Crippen LogP contribution in [0.3, 0.4) is 0 Å². The molecule has 52 heavy (non-hydrogen) atoms. The van der Waals surface area contributed by atoms with Crippen LogP contribution in [0.5, 0.6) is 0 Å². The van der Waals surface area contributed by atoms with Gasteiger partial charge < -0.3 is 5.11 Å². The largest absolute Gasteiger partial charge is 0.512 e. The second kappa shape index (κ2) is 16.5. The Hall–Kier alpha value is -3.15. The van der Waals surface area contributed by atoms with Gasteiger partial charge in [-0.05, 0) is 89.9 Å². The molecule has 277 valence electrons. The zero-order valence-electron chi connectivity index (χ0n) is 32.7. The Kier molecular flexibility index (Phi) is 13.2. The van der Waals surface area contributed by atoms with E-state index < -0.39 is 0 Å². The molecule has 6 rings (SSSR count). The van der Waals surface area contributed by atoms with E-state index in [9.17, 15) is 9.90 Å². The smallest absolute Gasteiger partial charge is 0.164 e. The SMILES string of the molecule is CCC(C)(CC)C(=O)/C=C(\O)C(C)(CC)CC.Cc1csc2cc(-c3sc4ccnc(-c5[c-]c6ccccc6c(C(C)(C)C)c5)c4c3C)ccc12.[Ir]. The van der Waals surface area contributed by atoms with Gasteiger partial charge in [-0.3, -0.25) is 9.78 Å². The van der Waals surface area contributed by atoms with Crippen LogP contribution < -0.4 is 0 Å². The molecule has 0 unspecified atom stereocenters. The normalized spacial score (nSPS) is 12.6. The maximum atomic E-state index is 12.2. The van der Waals surface area contributed by atoms with E-state index in [2.05, 4.69) is 101 Å². The van der Waals surface area contributed by atoms with Gasteiger partial charge in [0.25, 0.3) is 0 Å². The average Bonchev–Trinajstić information content (AvgIpc) is 3.68. The van der Waals surface area contributed by atoms with Crippen molar-refractivity contribution in [1.29, 1.82) is 0 Å². The number of thiophene rings is 2.